The fourth-order valence-electron chi connectivity index (χ4n) is 3.09. The highest BCUT2D eigenvalue weighted by Gasteiger charge is 2.17. The second kappa shape index (κ2) is 8.06. The number of nitrogens with one attached hydrogen (secondary N) is 2. The van der Waals surface area contributed by atoms with Crippen molar-refractivity contribution >= 4 is 29.0 Å². The highest BCUT2D eigenvalue weighted by molar-refractivity contribution is 5.81. The molecule has 31 heavy (non-hydrogen) atoms. The predicted molar refractivity (Wildman–Crippen MR) is 115 cm³/mol. The van der Waals surface area contributed by atoms with Crippen LogP contribution in [0.2, 0.25) is 0 Å². The molecule has 0 aliphatic carbocycles. The van der Waals surface area contributed by atoms with Crippen LogP contribution in [0.3, 0.4) is 0 Å². The number of H-pyrrole nitrogens is 1. The van der Waals surface area contributed by atoms with E-state index in [-0.39, 0.29) is 22.8 Å². The van der Waals surface area contributed by atoms with Crippen LogP contribution in [0.15, 0.2) is 69.3 Å². The van der Waals surface area contributed by atoms with E-state index in [0.717, 1.165) is 5.56 Å². The van der Waals surface area contributed by atoms with E-state index in [1.807, 2.05) is 30.3 Å². The Kier molecular flexibility index (Phi) is 5.14. The minimum atomic E-state index is -0.567. The number of aromatic nitrogens is 4. The van der Waals surface area contributed by atoms with Gasteiger partial charge in [0.15, 0.2) is 11.2 Å². The van der Waals surface area contributed by atoms with Gasteiger partial charge in [-0.1, -0.05) is 30.3 Å². The topological polar surface area (TPSA) is 140 Å². The first kappa shape index (κ1) is 19.8. The van der Waals surface area contributed by atoms with E-state index >= 15 is 0 Å². The fraction of sp³-hybridized carbons (Fsp3) is 0.100. The van der Waals surface area contributed by atoms with E-state index in [1.54, 1.807) is 16.7 Å². The third kappa shape index (κ3) is 3.96. The molecule has 0 atom stereocenters. The van der Waals surface area contributed by atoms with Crippen molar-refractivity contribution in [2.45, 2.75) is 6.54 Å². The molecule has 0 saturated heterocycles. The normalized spacial score (nSPS) is 11.3. The number of nitro benzene ring substituents is 1. The first-order valence-electron chi connectivity index (χ1n) is 9.21. The molecule has 2 aromatic heterocycles. The average molecular weight is 419 g/mol. The maximum atomic E-state index is 12.5. The Balaban J connectivity index is 1.72. The largest absolute Gasteiger partial charge is 0.329 e. The summed E-state index contributed by atoms with van der Waals surface area (Å²) in [6, 6.07) is 15.3. The molecule has 2 heterocycles. The maximum Gasteiger partial charge on any atom is 0.329 e. The van der Waals surface area contributed by atoms with Gasteiger partial charge in [-0.3, -0.25) is 29.0 Å². The van der Waals surface area contributed by atoms with Gasteiger partial charge in [-0.15, -0.1) is 0 Å². The summed E-state index contributed by atoms with van der Waals surface area (Å²) in [6.07, 6.45) is 1.47. The number of hydrogen-bond acceptors (Lipinski definition) is 7. The van der Waals surface area contributed by atoms with Crippen LogP contribution in [0.5, 0.6) is 0 Å². The Labute approximate surface area is 174 Å². The summed E-state index contributed by atoms with van der Waals surface area (Å²) >= 11 is 0. The molecule has 4 aromatic rings. The molecule has 0 spiro atoms. The number of aromatic amines is 1. The number of anilines is 1. The molecular formula is C20H17N7O4. The number of nitrogens with zero attached hydrogens (tertiary/aromatic N) is 5. The summed E-state index contributed by atoms with van der Waals surface area (Å²) in [5.74, 6) is 0.267. The van der Waals surface area contributed by atoms with Gasteiger partial charge < -0.3 is 0 Å². The van der Waals surface area contributed by atoms with Crippen molar-refractivity contribution in [2.24, 2.45) is 12.1 Å². The average Bonchev–Trinajstić information content (AvgIpc) is 3.12. The minimum absolute atomic E-state index is 0.0186. The zero-order chi connectivity index (χ0) is 22.0. The number of imidazole rings is 1. The molecule has 0 aliphatic heterocycles. The number of aryl methyl sites for hydroxylation is 1. The van der Waals surface area contributed by atoms with Gasteiger partial charge in [0.25, 0.3) is 11.2 Å². The molecule has 0 unspecified atom stereocenters. The summed E-state index contributed by atoms with van der Waals surface area (Å²) in [4.78, 5) is 41.4. The van der Waals surface area contributed by atoms with Crippen LogP contribution in [0.25, 0.3) is 11.2 Å². The van der Waals surface area contributed by atoms with Gasteiger partial charge in [-0.05, 0) is 23.3 Å². The number of hydrazone groups is 1. The molecule has 0 amide bonds. The van der Waals surface area contributed by atoms with Crippen LogP contribution in [-0.4, -0.2) is 30.2 Å². The number of rotatable bonds is 6. The molecule has 0 fully saturated rings. The summed E-state index contributed by atoms with van der Waals surface area (Å²) in [7, 11) is 1.52. The zero-order valence-corrected chi connectivity index (χ0v) is 16.3. The lowest BCUT2D eigenvalue weighted by atomic mass is 10.2. The quantitative estimate of drug-likeness (QED) is 0.278. The lowest BCUT2D eigenvalue weighted by Crippen LogP contribution is -2.29. The van der Waals surface area contributed by atoms with Gasteiger partial charge in [-0.25, -0.2) is 10.2 Å². The fourth-order valence-corrected chi connectivity index (χ4v) is 3.09. The Morgan fingerprint density at radius 1 is 1.16 bits per heavy atom. The molecule has 0 radical (unpaired) electrons. The van der Waals surface area contributed by atoms with Crippen molar-refractivity contribution < 1.29 is 4.92 Å². The third-order valence-corrected chi connectivity index (χ3v) is 4.67. The Morgan fingerprint density at radius 3 is 2.55 bits per heavy atom. The Bertz CT molecular complexity index is 1400. The first-order chi connectivity index (χ1) is 14.9. The smallest absolute Gasteiger partial charge is 0.298 e. The summed E-state index contributed by atoms with van der Waals surface area (Å²) in [5.41, 5.74) is 3.69. The molecule has 0 aliphatic rings. The third-order valence-electron chi connectivity index (χ3n) is 4.67. The standard InChI is InChI=1S/C20H17N7O4/c1-25-17-16(18(28)23-20(25)29)26(12-14-5-3-2-4-6-14)19(22-17)24-21-11-13-7-9-15(10-8-13)27(30)31/h2-11H,12H2,1H3,(H,22,24)(H,23,28,29). The number of benzene rings is 2. The second-order valence-corrected chi connectivity index (χ2v) is 6.72. The summed E-state index contributed by atoms with van der Waals surface area (Å²) in [6.45, 7) is 0.327. The molecule has 11 heteroatoms. The van der Waals surface area contributed by atoms with Crippen molar-refractivity contribution in [1.82, 2.24) is 19.1 Å². The highest BCUT2D eigenvalue weighted by atomic mass is 16.6. The van der Waals surface area contributed by atoms with Crippen LogP contribution in [-0.2, 0) is 13.6 Å². The van der Waals surface area contributed by atoms with E-state index in [0.29, 0.717) is 12.1 Å². The Morgan fingerprint density at radius 2 is 1.87 bits per heavy atom. The summed E-state index contributed by atoms with van der Waals surface area (Å²) < 4.78 is 2.89. The molecule has 0 saturated carbocycles. The lowest BCUT2D eigenvalue weighted by Gasteiger charge is -2.08. The van der Waals surface area contributed by atoms with Crippen LogP contribution in [0.4, 0.5) is 11.6 Å². The van der Waals surface area contributed by atoms with Gasteiger partial charge in [0, 0.05) is 19.2 Å². The van der Waals surface area contributed by atoms with Crippen LogP contribution in [0.1, 0.15) is 11.1 Å². The Hall–Kier alpha value is -4.54. The monoisotopic (exact) mass is 419 g/mol. The van der Waals surface area contributed by atoms with Crippen molar-refractivity contribution in [3.63, 3.8) is 0 Å². The van der Waals surface area contributed by atoms with E-state index in [1.165, 1.54) is 30.0 Å². The second-order valence-electron chi connectivity index (χ2n) is 6.72. The molecule has 2 aromatic carbocycles. The van der Waals surface area contributed by atoms with Crippen molar-refractivity contribution in [1.29, 1.82) is 0 Å². The minimum Gasteiger partial charge on any atom is -0.298 e. The lowest BCUT2D eigenvalue weighted by molar-refractivity contribution is -0.384. The van der Waals surface area contributed by atoms with E-state index < -0.39 is 16.2 Å². The van der Waals surface area contributed by atoms with Crippen molar-refractivity contribution in [3.05, 3.63) is 96.7 Å². The molecule has 0 bridgehead atoms. The van der Waals surface area contributed by atoms with Gasteiger partial charge >= 0.3 is 5.69 Å². The molecule has 11 nitrogen and oxygen atoms in total. The number of nitro groups is 1. The molecule has 2 N–H and O–H groups in total. The first-order valence-corrected chi connectivity index (χ1v) is 9.21. The van der Waals surface area contributed by atoms with Gasteiger partial charge in [-0.2, -0.15) is 10.1 Å². The van der Waals surface area contributed by atoms with Crippen LogP contribution in [0, 0.1) is 10.1 Å². The van der Waals surface area contributed by atoms with E-state index in [9.17, 15) is 19.7 Å². The SMILES string of the molecule is Cn1c(=O)[nH]c(=O)c2c1nc(NN=Cc1ccc([N+](=O)[O-])cc1)n2Cc1ccccc1. The van der Waals surface area contributed by atoms with Crippen molar-refractivity contribution in [2.75, 3.05) is 5.43 Å². The predicted octanol–water partition coefficient (Wildman–Crippen LogP) is 1.83. The van der Waals surface area contributed by atoms with Crippen LogP contribution < -0.4 is 16.7 Å². The maximum absolute atomic E-state index is 12.5. The molecular weight excluding hydrogens is 402 g/mol. The number of hydrogen-bond donors (Lipinski definition) is 2. The number of fused-ring (bicyclic) bond motifs is 1. The van der Waals surface area contributed by atoms with E-state index in [2.05, 4.69) is 20.5 Å². The molecule has 4 rings (SSSR count). The zero-order valence-electron chi connectivity index (χ0n) is 16.3. The van der Waals surface area contributed by atoms with Gasteiger partial charge in [0.05, 0.1) is 17.7 Å². The summed E-state index contributed by atoms with van der Waals surface area (Å²) in [5, 5.41) is 14.9. The number of non-ortho nitro benzene ring substituents is 1. The van der Waals surface area contributed by atoms with Crippen molar-refractivity contribution in [3.8, 4) is 0 Å². The van der Waals surface area contributed by atoms with Crippen LogP contribution >= 0.6 is 0 Å². The van der Waals surface area contributed by atoms with E-state index in [4.69, 9.17) is 0 Å². The molecule has 156 valence electrons. The highest BCUT2D eigenvalue weighted by Crippen LogP contribution is 2.18. The van der Waals surface area contributed by atoms with Gasteiger partial charge in [0.1, 0.15) is 0 Å². The van der Waals surface area contributed by atoms with Gasteiger partial charge in [0.2, 0.25) is 5.95 Å².